The monoisotopic (exact) mass is 348 g/mol. The summed E-state index contributed by atoms with van der Waals surface area (Å²) >= 11 is 1.62. The number of amides is 1. The van der Waals surface area contributed by atoms with Crippen LogP contribution in [0.5, 0.6) is 0 Å². The summed E-state index contributed by atoms with van der Waals surface area (Å²) in [5.41, 5.74) is 3.25. The van der Waals surface area contributed by atoms with Gasteiger partial charge in [0.2, 0.25) is 0 Å². The molecule has 0 aliphatic carbocycles. The summed E-state index contributed by atoms with van der Waals surface area (Å²) in [6.45, 7) is 4.47. The van der Waals surface area contributed by atoms with E-state index >= 15 is 0 Å². The van der Waals surface area contributed by atoms with Gasteiger partial charge >= 0.3 is 0 Å². The van der Waals surface area contributed by atoms with E-state index in [1.165, 1.54) is 24.1 Å². The van der Waals surface area contributed by atoms with Gasteiger partial charge in [-0.25, -0.2) is 4.98 Å². The van der Waals surface area contributed by atoms with Gasteiger partial charge in [0.05, 0.1) is 17.4 Å². The topological polar surface area (TPSA) is 84.7 Å². The molecule has 0 aromatic carbocycles. The number of piperidine rings is 1. The van der Waals surface area contributed by atoms with Gasteiger partial charge in [-0.3, -0.25) is 9.48 Å². The highest BCUT2D eigenvalue weighted by atomic mass is 32.1. The van der Waals surface area contributed by atoms with Crippen LogP contribution in [0.4, 0.5) is 0 Å². The van der Waals surface area contributed by atoms with Gasteiger partial charge in [-0.1, -0.05) is 11.6 Å². The van der Waals surface area contributed by atoms with Crippen LogP contribution in [-0.4, -0.2) is 45.0 Å². The maximum Gasteiger partial charge on any atom is 0.273 e. The van der Waals surface area contributed by atoms with Gasteiger partial charge in [-0.15, -0.1) is 16.4 Å². The maximum atomic E-state index is 12.1. The molecule has 0 bridgehead atoms. The predicted molar refractivity (Wildman–Crippen MR) is 93.2 cm³/mol. The lowest BCUT2D eigenvalue weighted by atomic mass is 10.0. The number of carbonyl (C=O) groups excluding carboxylic acids is 1. The minimum atomic E-state index is -0.167. The number of aromatic nitrogens is 4. The average molecular weight is 348 g/mol. The number of nitrogens with one attached hydrogen (secondary N) is 2. The van der Waals surface area contributed by atoms with Crippen molar-refractivity contribution in [2.45, 2.75) is 51.6 Å². The zero-order valence-electron chi connectivity index (χ0n) is 14.0. The SMILES string of the molecule is Cc1ncsc1CCNC(=O)c1cn(CC[C@H]2CCCCN2)nn1. The summed E-state index contributed by atoms with van der Waals surface area (Å²) in [5.74, 6) is -0.167. The molecule has 24 heavy (non-hydrogen) atoms. The van der Waals surface area contributed by atoms with Crippen LogP contribution < -0.4 is 10.6 Å². The largest absolute Gasteiger partial charge is 0.350 e. The predicted octanol–water partition coefficient (Wildman–Crippen LogP) is 1.55. The molecule has 1 aliphatic rings. The highest BCUT2D eigenvalue weighted by Gasteiger charge is 2.14. The lowest BCUT2D eigenvalue weighted by molar-refractivity contribution is 0.0949. The number of hydrogen-bond donors (Lipinski definition) is 2. The second-order valence-corrected chi connectivity index (χ2v) is 7.11. The van der Waals surface area contributed by atoms with Crippen LogP contribution in [0.25, 0.3) is 0 Å². The van der Waals surface area contributed by atoms with E-state index in [-0.39, 0.29) is 5.91 Å². The van der Waals surface area contributed by atoms with Gasteiger partial charge < -0.3 is 10.6 Å². The van der Waals surface area contributed by atoms with E-state index in [2.05, 4.69) is 25.9 Å². The van der Waals surface area contributed by atoms with E-state index < -0.39 is 0 Å². The Bertz CT molecular complexity index is 661. The second-order valence-electron chi connectivity index (χ2n) is 6.17. The molecule has 8 heteroatoms. The van der Waals surface area contributed by atoms with E-state index in [1.54, 1.807) is 22.2 Å². The van der Waals surface area contributed by atoms with Crippen molar-refractivity contribution in [1.29, 1.82) is 0 Å². The van der Waals surface area contributed by atoms with Crippen LogP contribution in [0.2, 0.25) is 0 Å². The molecular formula is C16H24N6OS. The molecule has 0 spiro atoms. The smallest absolute Gasteiger partial charge is 0.273 e. The number of nitrogens with zero attached hydrogens (tertiary/aromatic N) is 4. The van der Waals surface area contributed by atoms with Gasteiger partial charge in [0.15, 0.2) is 5.69 Å². The summed E-state index contributed by atoms with van der Waals surface area (Å²) in [4.78, 5) is 17.5. The van der Waals surface area contributed by atoms with Crippen LogP contribution in [0.1, 0.15) is 46.7 Å². The lowest BCUT2D eigenvalue weighted by Crippen LogP contribution is -2.34. The first-order valence-electron chi connectivity index (χ1n) is 8.53. The van der Waals surface area contributed by atoms with Crippen molar-refractivity contribution in [1.82, 2.24) is 30.6 Å². The minimum absolute atomic E-state index is 0.167. The summed E-state index contributed by atoms with van der Waals surface area (Å²) in [6, 6.07) is 0.558. The number of rotatable bonds is 7. The Labute approximate surface area is 145 Å². The third kappa shape index (κ3) is 4.61. The highest BCUT2D eigenvalue weighted by molar-refractivity contribution is 7.09. The van der Waals surface area contributed by atoms with E-state index in [0.29, 0.717) is 18.3 Å². The summed E-state index contributed by atoms with van der Waals surface area (Å²) in [5, 5.41) is 14.5. The molecule has 0 radical (unpaired) electrons. The molecule has 3 rings (SSSR count). The third-order valence-corrected chi connectivity index (χ3v) is 5.37. The zero-order chi connectivity index (χ0) is 16.8. The summed E-state index contributed by atoms with van der Waals surface area (Å²) < 4.78 is 1.76. The Morgan fingerprint density at radius 3 is 3.17 bits per heavy atom. The van der Waals surface area contributed by atoms with Crippen LogP contribution in [0.3, 0.4) is 0 Å². The average Bonchev–Trinajstić information content (AvgIpc) is 3.23. The first-order chi connectivity index (χ1) is 11.7. The molecule has 1 atom stereocenters. The molecule has 1 saturated heterocycles. The molecule has 3 heterocycles. The number of hydrogen-bond acceptors (Lipinski definition) is 6. The fourth-order valence-corrected chi connectivity index (χ4v) is 3.70. The lowest BCUT2D eigenvalue weighted by Gasteiger charge is -2.23. The first kappa shape index (κ1) is 17.0. The minimum Gasteiger partial charge on any atom is -0.350 e. The van der Waals surface area contributed by atoms with Crippen molar-refractivity contribution in [3.8, 4) is 0 Å². The molecule has 2 N–H and O–H groups in total. The van der Waals surface area contributed by atoms with Crippen molar-refractivity contribution >= 4 is 17.2 Å². The zero-order valence-corrected chi connectivity index (χ0v) is 14.8. The molecule has 1 amide bonds. The first-order valence-corrected chi connectivity index (χ1v) is 9.41. The van der Waals surface area contributed by atoms with E-state index in [9.17, 15) is 4.79 Å². The molecule has 0 saturated carbocycles. The van der Waals surface area contributed by atoms with Crippen LogP contribution in [0, 0.1) is 6.92 Å². The van der Waals surface area contributed by atoms with Crippen LogP contribution in [-0.2, 0) is 13.0 Å². The Balaban J connectivity index is 1.42. The molecule has 130 valence electrons. The standard InChI is InChI=1S/C16H24N6OS/c1-12-15(24-11-19-12)5-8-18-16(23)14-10-22(21-20-14)9-6-13-4-2-3-7-17-13/h10-11,13,17H,2-9H2,1H3,(H,18,23)/t13-/m1/s1. The number of aryl methyl sites for hydroxylation is 2. The van der Waals surface area contributed by atoms with Gasteiger partial charge in [0.25, 0.3) is 5.91 Å². The van der Waals surface area contributed by atoms with Crippen molar-refractivity contribution in [3.63, 3.8) is 0 Å². The van der Waals surface area contributed by atoms with Gasteiger partial charge in [0.1, 0.15) is 0 Å². The van der Waals surface area contributed by atoms with Crippen molar-refractivity contribution in [2.24, 2.45) is 0 Å². The molecule has 1 aliphatic heterocycles. The summed E-state index contributed by atoms with van der Waals surface area (Å²) in [6.07, 6.45) is 7.33. The van der Waals surface area contributed by atoms with Crippen molar-refractivity contribution < 1.29 is 4.79 Å². The van der Waals surface area contributed by atoms with Gasteiger partial charge in [-0.05, 0) is 32.7 Å². The number of thiazole rings is 1. The van der Waals surface area contributed by atoms with Gasteiger partial charge in [-0.2, -0.15) is 0 Å². The quantitative estimate of drug-likeness (QED) is 0.793. The molecular weight excluding hydrogens is 324 g/mol. The fourth-order valence-electron chi connectivity index (χ4n) is 2.92. The summed E-state index contributed by atoms with van der Waals surface area (Å²) in [7, 11) is 0. The van der Waals surface area contributed by atoms with Crippen LogP contribution >= 0.6 is 11.3 Å². The Kier molecular flexibility index (Phi) is 5.92. The Hall–Kier alpha value is -1.80. The van der Waals surface area contributed by atoms with E-state index in [4.69, 9.17) is 0 Å². The second kappa shape index (κ2) is 8.34. The molecule has 2 aromatic rings. The molecule has 7 nitrogen and oxygen atoms in total. The third-order valence-electron chi connectivity index (χ3n) is 4.37. The maximum absolute atomic E-state index is 12.1. The normalized spacial score (nSPS) is 17.8. The fraction of sp³-hybridized carbons (Fsp3) is 0.625. The van der Waals surface area contributed by atoms with Gasteiger partial charge in [0, 0.05) is 30.4 Å². The molecule has 1 fully saturated rings. The van der Waals surface area contributed by atoms with Crippen molar-refractivity contribution in [2.75, 3.05) is 13.1 Å². The van der Waals surface area contributed by atoms with Crippen LogP contribution in [0.15, 0.2) is 11.7 Å². The van der Waals surface area contributed by atoms with E-state index in [1.807, 2.05) is 12.4 Å². The molecule has 0 unspecified atom stereocenters. The van der Waals surface area contributed by atoms with E-state index in [0.717, 1.165) is 31.6 Å². The van der Waals surface area contributed by atoms with Crippen molar-refractivity contribution in [3.05, 3.63) is 28.0 Å². The Morgan fingerprint density at radius 1 is 1.50 bits per heavy atom. The molecule has 2 aromatic heterocycles. The Morgan fingerprint density at radius 2 is 2.42 bits per heavy atom. The highest BCUT2D eigenvalue weighted by Crippen LogP contribution is 2.12. The number of carbonyl (C=O) groups is 1.